The zero-order valence-electron chi connectivity index (χ0n) is 17.9. The van der Waals surface area contributed by atoms with Crippen LogP contribution in [-0.4, -0.2) is 38.0 Å². The number of amides is 1. The third kappa shape index (κ3) is 4.66. The van der Waals surface area contributed by atoms with Gasteiger partial charge in [0, 0.05) is 21.4 Å². The lowest BCUT2D eigenvalue weighted by molar-refractivity contribution is -0.128. The van der Waals surface area contributed by atoms with E-state index in [1.54, 1.807) is 20.0 Å². The van der Waals surface area contributed by atoms with Gasteiger partial charge in [-0.25, -0.2) is 4.39 Å². The fourth-order valence-electron chi connectivity index (χ4n) is 4.89. The van der Waals surface area contributed by atoms with E-state index in [0.717, 1.165) is 46.0 Å². The molecule has 0 bridgehead atoms. The Kier molecular flexibility index (Phi) is 7.41. The van der Waals surface area contributed by atoms with Crippen molar-refractivity contribution < 1.29 is 9.18 Å². The summed E-state index contributed by atoms with van der Waals surface area (Å²) >= 11 is 7.17. The van der Waals surface area contributed by atoms with Crippen molar-refractivity contribution in [3.63, 3.8) is 0 Å². The van der Waals surface area contributed by atoms with Gasteiger partial charge in [-0.2, -0.15) is 0 Å². The van der Waals surface area contributed by atoms with Crippen molar-refractivity contribution >= 4 is 37.8 Å². The molecule has 2 atom stereocenters. The van der Waals surface area contributed by atoms with E-state index in [4.69, 9.17) is 0 Å². The molecular weight excluding hydrogens is 511 g/mol. The Morgan fingerprint density at radius 2 is 1.73 bits per heavy atom. The second-order valence-corrected chi connectivity index (χ2v) is 10.3. The third-order valence-corrected chi connectivity index (χ3v) is 7.56. The van der Waals surface area contributed by atoms with Crippen LogP contribution in [0.3, 0.4) is 0 Å². The normalized spacial score (nSPS) is 18.6. The van der Waals surface area contributed by atoms with Gasteiger partial charge < -0.3 is 10.2 Å². The van der Waals surface area contributed by atoms with Gasteiger partial charge in [0.1, 0.15) is 5.82 Å². The first-order valence-corrected chi connectivity index (χ1v) is 11.9. The summed E-state index contributed by atoms with van der Waals surface area (Å²) in [5.74, 6) is -0.470. The smallest absolute Gasteiger partial charge is 0.224 e. The summed E-state index contributed by atoms with van der Waals surface area (Å²) in [6, 6.07) is 11.5. The van der Waals surface area contributed by atoms with Gasteiger partial charge in [-0.05, 0) is 86.8 Å². The molecule has 1 aliphatic rings. The standard InChI is InChI=1S/C24H29Br2FN2O/c1-15-11-18(5-6-21(15)27)24(7-9-29(4)10-8-24)22(23(30)28-3)16(2)17-12-19(25)14-20(26)13-17/h5-6,11-14,16,22H,7-10H2,1-4H3,(H,28,30). The maximum absolute atomic E-state index is 14.1. The van der Waals surface area contributed by atoms with E-state index >= 15 is 0 Å². The summed E-state index contributed by atoms with van der Waals surface area (Å²) in [6.45, 7) is 5.73. The predicted octanol–water partition coefficient (Wildman–Crippen LogP) is 5.79. The Bertz CT molecular complexity index is 905. The van der Waals surface area contributed by atoms with Gasteiger partial charge in [-0.15, -0.1) is 0 Å². The summed E-state index contributed by atoms with van der Waals surface area (Å²) in [7, 11) is 3.82. The lowest BCUT2D eigenvalue weighted by atomic mass is 9.59. The lowest BCUT2D eigenvalue weighted by Gasteiger charge is -2.48. The molecule has 1 heterocycles. The van der Waals surface area contributed by atoms with Crippen LogP contribution in [0.5, 0.6) is 0 Å². The molecule has 1 fully saturated rings. The van der Waals surface area contributed by atoms with Crippen LogP contribution in [-0.2, 0) is 10.2 Å². The van der Waals surface area contributed by atoms with E-state index in [1.807, 2.05) is 18.2 Å². The molecule has 1 N–H and O–H groups in total. The Labute approximate surface area is 195 Å². The minimum absolute atomic E-state index is 0.0208. The Morgan fingerprint density at radius 1 is 1.13 bits per heavy atom. The van der Waals surface area contributed by atoms with Crippen molar-refractivity contribution in [2.24, 2.45) is 5.92 Å². The molecule has 1 amide bonds. The van der Waals surface area contributed by atoms with Crippen LogP contribution in [0, 0.1) is 18.7 Å². The van der Waals surface area contributed by atoms with Crippen LogP contribution in [0.2, 0.25) is 0 Å². The Morgan fingerprint density at radius 3 is 2.27 bits per heavy atom. The van der Waals surface area contributed by atoms with E-state index in [9.17, 15) is 9.18 Å². The summed E-state index contributed by atoms with van der Waals surface area (Å²) in [4.78, 5) is 15.7. The topological polar surface area (TPSA) is 32.3 Å². The monoisotopic (exact) mass is 538 g/mol. The van der Waals surface area contributed by atoms with E-state index in [1.165, 1.54) is 0 Å². The molecule has 2 aromatic carbocycles. The van der Waals surface area contributed by atoms with E-state index in [-0.39, 0.29) is 29.0 Å². The van der Waals surface area contributed by atoms with Gasteiger partial charge in [-0.3, -0.25) is 4.79 Å². The number of halogens is 3. The molecule has 2 aromatic rings. The van der Waals surface area contributed by atoms with Crippen molar-refractivity contribution in [1.29, 1.82) is 0 Å². The van der Waals surface area contributed by atoms with Gasteiger partial charge in [-0.1, -0.05) is 50.9 Å². The fraction of sp³-hybridized carbons (Fsp3) is 0.458. The number of likely N-dealkylation sites (tertiary alicyclic amines) is 1. The first-order valence-electron chi connectivity index (χ1n) is 10.3. The van der Waals surface area contributed by atoms with Gasteiger partial charge in [0.25, 0.3) is 0 Å². The van der Waals surface area contributed by atoms with Gasteiger partial charge in [0.15, 0.2) is 0 Å². The van der Waals surface area contributed by atoms with Crippen molar-refractivity contribution in [2.75, 3.05) is 27.2 Å². The number of aryl methyl sites for hydroxylation is 1. The van der Waals surface area contributed by atoms with Crippen LogP contribution < -0.4 is 5.32 Å². The highest BCUT2D eigenvalue weighted by Crippen LogP contribution is 2.48. The highest BCUT2D eigenvalue weighted by molar-refractivity contribution is 9.11. The predicted molar refractivity (Wildman–Crippen MR) is 127 cm³/mol. The number of hydrogen-bond acceptors (Lipinski definition) is 2. The molecule has 0 aromatic heterocycles. The molecule has 3 rings (SSSR count). The van der Waals surface area contributed by atoms with Crippen LogP contribution in [0.1, 0.15) is 42.4 Å². The molecule has 0 aliphatic carbocycles. The summed E-state index contributed by atoms with van der Waals surface area (Å²) in [5, 5.41) is 2.92. The zero-order chi connectivity index (χ0) is 22.1. The number of nitrogens with one attached hydrogen (secondary N) is 1. The van der Waals surface area contributed by atoms with E-state index in [0.29, 0.717) is 5.56 Å². The molecule has 0 radical (unpaired) electrons. The molecule has 162 valence electrons. The van der Waals surface area contributed by atoms with Crippen molar-refractivity contribution in [3.05, 3.63) is 67.9 Å². The highest BCUT2D eigenvalue weighted by atomic mass is 79.9. The minimum atomic E-state index is -0.362. The Hall–Kier alpha value is -1.24. The molecule has 3 nitrogen and oxygen atoms in total. The molecule has 1 aliphatic heterocycles. The van der Waals surface area contributed by atoms with Gasteiger partial charge in [0.2, 0.25) is 5.91 Å². The van der Waals surface area contributed by atoms with Gasteiger partial charge >= 0.3 is 0 Å². The SMILES string of the molecule is CNC(=O)C(C(C)c1cc(Br)cc(Br)c1)C1(c2ccc(F)c(C)c2)CCN(C)CC1. The fourth-order valence-corrected chi connectivity index (χ4v) is 6.22. The quantitative estimate of drug-likeness (QED) is 0.521. The minimum Gasteiger partial charge on any atom is -0.359 e. The van der Waals surface area contributed by atoms with Crippen LogP contribution in [0.4, 0.5) is 4.39 Å². The second-order valence-electron chi connectivity index (χ2n) is 8.51. The summed E-state index contributed by atoms with van der Waals surface area (Å²) < 4.78 is 16.0. The largest absolute Gasteiger partial charge is 0.359 e. The maximum Gasteiger partial charge on any atom is 0.224 e. The van der Waals surface area contributed by atoms with E-state index in [2.05, 4.69) is 68.2 Å². The first kappa shape index (κ1) is 23.4. The van der Waals surface area contributed by atoms with Crippen LogP contribution in [0.15, 0.2) is 45.3 Å². The molecule has 1 saturated heterocycles. The van der Waals surface area contributed by atoms with E-state index < -0.39 is 0 Å². The zero-order valence-corrected chi connectivity index (χ0v) is 21.1. The summed E-state index contributed by atoms with van der Waals surface area (Å²) in [6.07, 6.45) is 1.71. The molecule has 6 heteroatoms. The maximum atomic E-state index is 14.1. The molecule has 30 heavy (non-hydrogen) atoms. The molecule has 2 unspecified atom stereocenters. The summed E-state index contributed by atoms with van der Waals surface area (Å²) in [5.41, 5.74) is 2.42. The van der Waals surface area contributed by atoms with Crippen LogP contribution >= 0.6 is 31.9 Å². The molecular formula is C24H29Br2FN2O. The number of piperidine rings is 1. The second kappa shape index (κ2) is 9.49. The number of carbonyl (C=O) groups excluding carboxylic acids is 1. The lowest BCUT2D eigenvalue weighted by Crippen LogP contribution is -2.52. The van der Waals surface area contributed by atoms with Gasteiger partial charge in [0.05, 0.1) is 5.92 Å². The number of rotatable bonds is 5. The number of hydrogen-bond donors (Lipinski definition) is 1. The van der Waals surface area contributed by atoms with Crippen LogP contribution in [0.25, 0.3) is 0 Å². The average molecular weight is 540 g/mol. The third-order valence-electron chi connectivity index (χ3n) is 6.65. The molecule has 0 saturated carbocycles. The molecule has 0 spiro atoms. The van der Waals surface area contributed by atoms with Crippen molar-refractivity contribution in [3.8, 4) is 0 Å². The highest BCUT2D eigenvalue weighted by Gasteiger charge is 2.48. The number of nitrogens with zero attached hydrogens (tertiary/aromatic N) is 1. The first-order chi connectivity index (χ1) is 14.2. The Balaban J connectivity index is 2.17. The van der Waals surface area contributed by atoms with Crippen molar-refractivity contribution in [2.45, 2.75) is 38.0 Å². The number of carbonyl (C=O) groups is 1. The number of benzene rings is 2. The average Bonchev–Trinajstić information content (AvgIpc) is 2.70. The van der Waals surface area contributed by atoms with Crippen molar-refractivity contribution in [1.82, 2.24) is 10.2 Å².